The highest BCUT2D eigenvalue weighted by Crippen LogP contribution is 2.10. The molecule has 0 radical (unpaired) electrons. The van der Waals surface area contributed by atoms with Gasteiger partial charge in [0, 0.05) is 43.8 Å². The summed E-state index contributed by atoms with van der Waals surface area (Å²) in [5, 5.41) is 8.24. The van der Waals surface area contributed by atoms with Gasteiger partial charge in [-0.2, -0.15) is 0 Å². The third-order valence-corrected chi connectivity index (χ3v) is 4.21. The van der Waals surface area contributed by atoms with Gasteiger partial charge in [0.1, 0.15) is 5.15 Å². The predicted molar refractivity (Wildman–Crippen MR) is 108 cm³/mol. The van der Waals surface area contributed by atoms with E-state index in [1.54, 1.807) is 30.6 Å². The lowest BCUT2D eigenvalue weighted by Gasteiger charge is -2.11. The number of guanidine groups is 1. The number of hydrogen-bond donors (Lipinski definition) is 2. The molecule has 23 heavy (non-hydrogen) atoms. The first-order valence-corrected chi connectivity index (χ1v) is 8.33. The van der Waals surface area contributed by atoms with Crippen LogP contribution in [0.5, 0.6) is 0 Å². The number of halogens is 2. The van der Waals surface area contributed by atoms with E-state index in [2.05, 4.69) is 32.5 Å². The Labute approximate surface area is 163 Å². The van der Waals surface area contributed by atoms with Crippen molar-refractivity contribution in [1.29, 1.82) is 0 Å². The number of nitrogens with one attached hydrogen (secondary N) is 2. The van der Waals surface area contributed by atoms with Crippen molar-refractivity contribution >= 4 is 52.9 Å². The number of aliphatic imine (C=N–C) groups is 1. The van der Waals surface area contributed by atoms with E-state index in [0.717, 1.165) is 42.5 Å². The Balaban J connectivity index is 0.00000264. The quantitative estimate of drug-likeness (QED) is 0.298. The second-order valence-electron chi connectivity index (χ2n) is 4.78. The number of nitrogens with zero attached hydrogens (tertiary/aromatic N) is 3. The monoisotopic (exact) mass is 465 g/mol. The van der Waals surface area contributed by atoms with Gasteiger partial charge < -0.3 is 10.6 Å². The smallest absolute Gasteiger partial charge is 0.191 e. The Morgan fingerprint density at radius 3 is 2.48 bits per heavy atom. The molecule has 0 amide bonds. The van der Waals surface area contributed by atoms with Crippen LogP contribution in [0.3, 0.4) is 0 Å². The van der Waals surface area contributed by atoms with Crippen LogP contribution in [0, 0.1) is 6.92 Å². The van der Waals surface area contributed by atoms with E-state index < -0.39 is 0 Å². The van der Waals surface area contributed by atoms with Gasteiger partial charge in [0.2, 0.25) is 0 Å². The van der Waals surface area contributed by atoms with Crippen LogP contribution >= 0.6 is 46.9 Å². The summed E-state index contributed by atoms with van der Waals surface area (Å²) in [4.78, 5) is 13.9. The fourth-order valence-corrected chi connectivity index (χ4v) is 2.80. The van der Waals surface area contributed by atoms with Crippen LogP contribution in [0.15, 0.2) is 29.5 Å². The van der Waals surface area contributed by atoms with Crippen molar-refractivity contribution in [2.24, 2.45) is 4.99 Å². The van der Waals surface area contributed by atoms with Gasteiger partial charge in [-0.1, -0.05) is 17.7 Å². The van der Waals surface area contributed by atoms with Crippen molar-refractivity contribution in [2.75, 3.05) is 20.1 Å². The molecule has 0 saturated carbocycles. The van der Waals surface area contributed by atoms with E-state index in [-0.39, 0.29) is 24.0 Å². The lowest BCUT2D eigenvalue weighted by atomic mass is 10.2. The van der Waals surface area contributed by atoms with Crippen LogP contribution in [-0.4, -0.2) is 36.1 Å². The molecule has 0 bridgehead atoms. The first-order chi connectivity index (χ1) is 10.7. The van der Waals surface area contributed by atoms with E-state index in [0.29, 0.717) is 5.15 Å². The Morgan fingerprint density at radius 1 is 1.17 bits per heavy atom. The molecule has 2 heterocycles. The minimum absolute atomic E-state index is 0. The zero-order valence-corrected chi connectivity index (χ0v) is 17.1. The molecule has 8 heteroatoms. The molecular formula is C15H21ClIN5S. The molecule has 0 spiro atoms. The maximum Gasteiger partial charge on any atom is 0.191 e. The van der Waals surface area contributed by atoms with Crippen molar-refractivity contribution < 1.29 is 0 Å². The van der Waals surface area contributed by atoms with E-state index >= 15 is 0 Å². The molecule has 0 aliphatic carbocycles. The van der Waals surface area contributed by atoms with Gasteiger partial charge in [-0.15, -0.1) is 35.3 Å². The molecule has 126 valence electrons. The SMILES string of the molecule is CN=C(NCCc1ccc(Cl)nc1)NCCc1ncc(C)s1.I. The van der Waals surface area contributed by atoms with Crippen molar-refractivity contribution in [1.82, 2.24) is 20.6 Å². The zero-order valence-electron chi connectivity index (χ0n) is 13.2. The molecule has 0 saturated heterocycles. The average Bonchev–Trinajstić information content (AvgIpc) is 2.93. The fraction of sp³-hybridized carbons (Fsp3) is 0.400. The highest BCUT2D eigenvalue weighted by molar-refractivity contribution is 14.0. The molecule has 0 unspecified atom stereocenters. The summed E-state index contributed by atoms with van der Waals surface area (Å²) in [6, 6.07) is 3.79. The van der Waals surface area contributed by atoms with Gasteiger partial charge in [0.25, 0.3) is 0 Å². The van der Waals surface area contributed by atoms with Gasteiger partial charge in [-0.3, -0.25) is 4.99 Å². The number of aromatic nitrogens is 2. The largest absolute Gasteiger partial charge is 0.356 e. The number of thiazole rings is 1. The van der Waals surface area contributed by atoms with Gasteiger partial charge in [0.15, 0.2) is 5.96 Å². The standard InChI is InChI=1S/C15H20ClN5S.HI/c1-11-9-21-14(22-11)6-8-19-15(17-2)18-7-5-12-3-4-13(16)20-10-12;/h3-4,9-10H,5-8H2,1-2H3,(H2,17,18,19);1H. The third-order valence-electron chi connectivity index (χ3n) is 3.02. The van der Waals surface area contributed by atoms with Crippen molar-refractivity contribution in [2.45, 2.75) is 19.8 Å². The average molecular weight is 466 g/mol. The number of pyridine rings is 1. The van der Waals surface area contributed by atoms with Crippen LogP contribution in [0.2, 0.25) is 5.15 Å². The maximum atomic E-state index is 5.77. The molecule has 0 atom stereocenters. The minimum atomic E-state index is 0. The van der Waals surface area contributed by atoms with Crippen LogP contribution in [0.1, 0.15) is 15.4 Å². The Kier molecular flexibility index (Phi) is 9.42. The second-order valence-corrected chi connectivity index (χ2v) is 6.49. The van der Waals surface area contributed by atoms with Crippen LogP contribution < -0.4 is 10.6 Å². The van der Waals surface area contributed by atoms with E-state index in [1.165, 1.54) is 4.88 Å². The number of aryl methyl sites for hydroxylation is 1. The Bertz CT molecular complexity index is 615. The number of rotatable bonds is 6. The molecule has 2 aromatic rings. The minimum Gasteiger partial charge on any atom is -0.356 e. The van der Waals surface area contributed by atoms with E-state index in [1.807, 2.05) is 12.3 Å². The highest BCUT2D eigenvalue weighted by Gasteiger charge is 2.01. The molecule has 2 rings (SSSR count). The summed E-state index contributed by atoms with van der Waals surface area (Å²) >= 11 is 7.50. The maximum absolute atomic E-state index is 5.77. The molecule has 2 N–H and O–H groups in total. The first kappa shape index (κ1) is 20.1. The lowest BCUT2D eigenvalue weighted by Crippen LogP contribution is -2.39. The van der Waals surface area contributed by atoms with Gasteiger partial charge in [-0.05, 0) is 25.0 Å². The summed E-state index contributed by atoms with van der Waals surface area (Å²) in [6.45, 7) is 3.68. The lowest BCUT2D eigenvalue weighted by molar-refractivity contribution is 0.781. The van der Waals surface area contributed by atoms with Crippen molar-refractivity contribution in [3.05, 3.63) is 45.1 Å². The van der Waals surface area contributed by atoms with Gasteiger partial charge >= 0.3 is 0 Å². The second kappa shape index (κ2) is 10.8. The summed E-state index contributed by atoms with van der Waals surface area (Å²) in [6.07, 6.45) is 5.48. The summed E-state index contributed by atoms with van der Waals surface area (Å²) in [7, 11) is 1.77. The van der Waals surface area contributed by atoms with Crippen molar-refractivity contribution in [3.63, 3.8) is 0 Å². The molecule has 0 aliphatic rings. The summed E-state index contributed by atoms with van der Waals surface area (Å²) in [5.74, 6) is 0.801. The van der Waals surface area contributed by atoms with Crippen molar-refractivity contribution in [3.8, 4) is 0 Å². The fourth-order valence-electron chi connectivity index (χ4n) is 1.91. The van der Waals surface area contributed by atoms with Gasteiger partial charge in [-0.25, -0.2) is 9.97 Å². The van der Waals surface area contributed by atoms with E-state index in [4.69, 9.17) is 11.6 Å². The first-order valence-electron chi connectivity index (χ1n) is 7.13. The molecule has 2 aromatic heterocycles. The Morgan fingerprint density at radius 2 is 1.91 bits per heavy atom. The highest BCUT2D eigenvalue weighted by atomic mass is 127. The van der Waals surface area contributed by atoms with Crippen LogP contribution in [0.25, 0.3) is 0 Å². The van der Waals surface area contributed by atoms with Gasteiger partial charge in [0.05, 0.1) is 5.01 Å². The molecule has 0 aromatic carbocycles. The normalized spacial score (nSPS) is 11.0. The molecule has 0 aliphatic heterocycles. The summed E-state index contributed by atoms with van der Waals surface area (Å²) < 4.78 is 0. The zero-order chi connectivity index (χ0) is 15.8. The van der Waals surface area contributed by atoms with E-state index in [9.17, 15) is 0 Å². The third kappa shape index (κ3) is 7.45. The van der Waals surface area contributed by atoms with Crippen LogP contribution in [0.4, 0.5) is 0 Å². The van der Waals surface area contributed by atoms with Crippen LogP contribution in [-0.2, 0) is 12.8 Å². The molecule has 5 nitrogen and oxygen atoms in total. The Hall–Kier alpha value is -0.930. The number of hydrogen-bond acceptors (Lipinski definition) is 4. The molecule has 0 fully saturated rings. The topological polar surface area (TPSA) is 62.2 Å². The summed E-state index contributed by atoms with van der Waals surface area (Å²) in [5.41, 5.74) is 1.14. The predicted octanol–water partition coefficient (Wildman–Crippen LogP) is 3.07. The molecular weight excluding hydrogens is 445 g/mol.